The van der Waals surface area contributed by atoms with Crippen LogP contribution in [0.2, 0.25) is 5.02 Å². The fourth-order valence-corrected chi connectivity index (χ4v) is 4.25. The first-order valence-electron chi connectivity index (χ1n) is 7.65. The number of sulfonamides is 1. The van der Waals surface area contributed by atoms with Crippen LogP contribution in [0.15, 0.2) is 53.4 Å². The Hall–Kier alpha value is -1.89. The lowest BCUT2D eigenvalue weighted by Gasteiger charge is -2.10. The highest BCUT2D eigenvalue weighted by Gasteiger charge is 2.16. The number of nitrogens with one attached hydrogen (secondary N) is 1. The first-order chi connectivity index (χ1) is 11.5. The molecule has 0 unspecified atom stereocenters. The maximum Gasteiger partial charge on any atom is 0.242 e. The summed E-state index contributed by atoms with van der Waals surface area (Å²) >= 11 is 5.96. The molecule has 0 spiro atoms. The number of fused-ring (bicyclic) bond motifs is 1. The molecule has 0 aliphatic rings. The third kappa shape index (κ3) is 3.45. The fraction of sp³-hybridized carbons (Fsp3) is 0.235. The molecule has 0 aliphatic carbocycles. The quantitative estimate of drug-likeness (QED) is 0.683. The van der Waals surface area contributed by atoms with Gasteiger partial charge in [0.2, 0.25) is 10.0 Å². The second-order valence-corrected chi connectivity index (χ2v) is 7.62. The number of hydrogen-bond donors (Lipinski definition) is 1. The number of aromatic nitrogens is 2. The Kier molecular flexibility index (Phi) is 4.89. The number of imidazole rings is 1. The van der Waals surface area contributed by atoms with Crippen LogP contribution in [0.25, 0.3) is 11.0 Å². The molecule has 3 aromatic rings. The van der Waals surface area contributed by atoms with Crippen molar-refractivity contribution < 1.29 is 8.42 Å². The molecular weight excluding hydrogens is 346 g/mol. The van der Waals surface area contributed by atoms with Gasteiger partial charge >= 0.3 is 0 Å². The zero-order chi connectivity index (χ0) is 17.2. The van der Waals surface area contributed by atoms with Crippen LogP contribution >= 0.6 is 11.6 Å². The van der Waals surface area contributed by atoms with E-state index in [0.717, 1.165) is 16.9 Å². The van der Waals surface area contributed by atoms with Gasteiger partial charge in [0.05, 0.1) is 16.1 Å². The summed E-state index contributed by atoms with van der Waals surface area (Å²) in [6.45, 7) is 2.98. The number of halogens is 1. The molecule has 0 saturated carbocycles. The van der Waals surface area contributed by atoms with Crippen molar-refractivity contribution >= 4 is 32.7 Å². The van der Waals surface area contributed by atoms with Crippen LogP contribution in [0.3, 0.4) is 0 Å². The van der Waals surface area contributed by atoms with Crippen LogP contribution in [0, 0.1) is 6.92 Å². The van der Waals surface area contributed by atoms with E-state index < -0.39 is 10.0 Å². The first-order valence-corrected chi connectivity index (χ1v) is 9.51. The Bertz CT molecular complexity index is 967. The average molecular weight is 364 g/mol. The number of benzene rings is 2. The van der Waals surface area contributed by atoms with Gasteiger partial charge in [-0.2, -0.15) is 0 Å². The summed E-state index contributed by atoms with van der Waals surface area (Å²) in [6.07, 6.45) is 0.658. The van der Waals surface area contributed by atoms with Crippen molar-refractivity contribution in [3.8, 4) is 0 Å². The normalized spacial score (nSPS) is 11.9. The molecule has 0 aliphatic heterocycles. The lowest BCUT2D eigenvalue weighted by Crippen LogP contribution is -2.26. The number of para-hydroxylation sites is 2. The molecule has 2 aromatic carbocycles. The van der Waals surface area contributed by atoms with Gasteiger partial charge in [-0.15, -0.1) is 0 Å². The van der Waals surface area contributed by atoms with Crippen LogP contribution in [0.1, 0.15) is 12.2 Å². The molecule has 1 heterocycles. The predicted octanol–water partition coefficient (Wildman–Crippen LogP) is 3.37. The third-order valence-electron chi connectivity index (χ3n) is 3.82. The van der Waals surface area contributed by atoms with E-state index >= 15 is 0 Å². The second-order valence-electron chi connectivity index (χ2n) is 5.48. The minimum atomic E-state index is -3.59. The maximum absolute atomic E-state index is 12.3. The molecule has 0 amide bonds. The largest absolute Gasteiger partial charge is 0.328 e. The van der Waals surface area contributed by atoms with E-state index in [1.165, 1.54) is 6.07 Å². The minimum absolute atomic E-state index is 0.107. The van der Waals surface area contributed by atoms with Crippen molar-refractivity contribution in [2.24, 2.45) is 0 Å². The van der Waals surface area contributed by atoms with Crippen LogP contribution in [0.5, 0.6) is 0 Å². The molecule has 1 N–H and O–H groups in total. The van der Waals surface area contributed by atoms with Gasteiger partial charge in [0, 0.05) is 13.1 Å². The molecule has 126 valence electrons. The van der Waals surface area contributed by atoms with E-state index in [0.29, 0.717) is 19.5 Å². The zero-order valence-electron chi connectivity index (χ0n) is 13.2. The molecule has 0 radical (unpaired) electrons. The molecule has 7 heteroatoms. The Morgan fingerprint density at radius 2 is 1.83 bits per heavy atom. The molecule has 0 saturated heterocycles. The molecule has 0 fully saturated rings. The highest BCUT2D eigenvalue weighted by molar-refractivity contribution is 7.89. The van der Waals surface area contributed by atoms with E-state index in [1.54, 1.807) is 18.2 Å². The van der Waals surface area contributed by atoms with E-state index in [-0.39, 0.29) is 9.92 Å². The molecule has 24 heavy (non-hydrogen) atoms. The third-order valence-corrected chi connectivity index (χ3v) is 5.78. The summed E-state index contributed by atoms with van der Waals surface area (Å²) in [5, 5.41) is 0.224. The Labute approximate surface area is 146 Å². The van der Waals surface area contributed by atoms with Crippen molar-refractivity contribution in [1.29, 1.82) is 0 Å². The van der Waals surface area contributed by atoms with Gasteiger partial charge in [0.15, 0.2) is 0 Å². The number of nitrogens with zero attached hydrogens (tertiary/aromatic N) is 2. The molecule has 3 rings (SSSR count). The van der Waals surface area contributed by atoms with Crippen LogP contribution in [-0.2, 0) is 16.6 Å². The summed E-state index contributed by atoms with van der Waals surface area (Å²) in [6, 6.07) is 14.3. The lowest BCUT2D eigenvalue weighted by atomic mass is 10.3. The van der Waals surface area contributed by atoms with Gasteiger partial charge in [-0.1, -0.05) is 35.9 Å². The molecule has 0 bridgehead atoms. The number of rotatable bonds is 6. The smallest absolute Gasteiger partial charge is 0.242 e. The van der Waals surface area contributed by atoms with Crippen molar-refractivity contribution in [2.45, 2.75) is 24.8 Å². The Balaban J connectivity index is 1.65. The molecule has 1 aromatic heterocycles. The van der Waals surface area contributed by atoms with Crippen LogP contribution in [0.4, 0.5) is 0 Å². The van der Waals surface area contributed by atoms with Gasteiger partial charge in [-0.3, -0.25) is 0 Å². The van der Waals surface area contributed by atoms with Crippen molar-refractivity contribution in [3.05, 3.63) is 59.4 Å². The van der Waals surface area contributed by atoms with Crippen molar-refractivity contribution in [3.63, 3.8) is 0 Å². The topological polar surface area (TPSA) is 64.0 Å². The SMILES string of the molecule is Cc1nc2ccccc2n1CCCNS(=O)(=O)c1ccccc1Cl. The molecule has 0 atom stereocenters. The molecule has 5 nitrogen and oxygen atoms in total. The first kappa shape index (κ1) is 17.0. The van der Waals surface area contributed by atoms with Crippen molar-refractivity contribution in [2.75, 3.05) is 6.54 Å². The van der Waals surface area contributed by atoms with Crippen molar-refractivity contribution in [1.82, 2.24) is 14.3 Å². The predicted molar refractivity (Wildman–Crippen MR) is 95.7 cm³/mol. The standard InChI is InChI=1S/C17H18ClN3O2S/c1-13-20-15-8-3-4-9-16(15)21(13)12-6-11-19-24(22,23)17-10-5-2-7-14(17)18/h2-5,7-10,19H,6,11-12H2,1H3. The highest BCUT2D eigenvalue weighted by atomic mass is 35.5. The van der Waals surface area contributed by atoms with Gasteiger partial charge in [0.1, 0.15) is 10.7 Å². The van der Waals surface area contributed by atoms with Crippen LogP contribution in [-0.4, -0.2) is 24.5 Å². The monoisotopic (exact) mass is 363 g/mol. The highest BCUT2D eigenvalue weighted by Crippen LogP contribution is 2.20. The summed E-state index contributed by atoms with van der Waals surface area (Å²) in [4.78, 5) is 4.61. The number of hydrogen-bond acceptors (Lipinski definition) is 3. The second kappa shape index (κ2) is 6.93. The Morgan fingerprint density at radius 1 is 1.12 bits per heavy atom. The maximum atomic E-state index is 12.3. The van der Waals surface area contributed by atoms with Gasteiger partial charge < -0.3 is 4.57 Å². The lowest BCUT2D eigenvalue weighted by molar-refractivity contribution is 0.570. The average Bonchev–Trinajstić information content (AvgIpc) is 2.87. The van der Waals surface area contributed by atoms with Gasteiger partial charge in [-0.05, 0) is 37.6 Å². The van der Waals surface area contributed by atoms with Gasteiger partial charge in [0.25, 0.3) is 0 Å². The van der Waals surface area contributed by atoms with E-state index in [9.17, 15) is 8.42 Å². The number of aryl methyl sites for hydroxylation is 2. The zero-order valence-corrected chi connectivity index (χ0v) is 14.8. The fourth-order valence-electron chi connectivity index (χ4n) is 2.66. The van der Waals surface area contributed by atoms with E-state index in [4.69, 9.17) is 11.6 Å². The Morgan fingerprint density at radius 3 is 2.62 bits per heavy atom. The summed E-state index contributed by atoms with van der Waals surface area (Å²) in [5.74, 6) is 0.921. The summed E-state index contributed by atoms with van der Waals surface area (Å²) in [7, 11) is -3.59. The summed E-state index contributed by atoms with van der Waals surface area (Å²) < 4.78 is 29.3. The summed E-state index contributed by atoms with van der Waals surface area (Å²) in [5.41, 5.74) is 2.01. The van der Waals surface area contributed by atoms with Crippen LogP contribution < -0.4 is 4.72 Å². The molecular formula is C17H18ClN3O2S. The minimum Gasteiger partial charge on any atom is -0.328 e. The van der Waals surface area contributed by atoms with E-state index in [1.807, 2.05) is 31.2 Å². The van der Waals surface area contributed by atoms with E-state index in [2.05, 4.69) is 14.3 Å². The van der Waals surface area contributed by atoms with Gasteiger partial charge in [-0.25, -0.2) is 18.1 Å².